The highest BCUT2D eigenvalue weighted by molar-refractivity contribution is 7.89. The predicted molar refractivity (Wildman–Crippen MR) is 127 cm³/mol. The summed E-state index contributed by atoms with van der Waals surface area (Å²) < 4.78 is 38.4. The summed E-state index contributed by atoms with van der Waals surface area (Å²) in [6.07, 6.45) is 3.14. The summed E-state index contributed by atoms with van der Waals surface area (Å²) in [5.41, 5.74) is 1.21. The fraction of sp³-hybridized carbons (Fsp3) is 0.333. The molecule has 0 unspecified atom stereocenters. The Labute approximate surface area is 199 Å². The summed E-state index contributed by atoms with van der Waals surface area (Å²) >= 11 is 0. The number of carbonyl (C=O) groups excluding carboxylic acids is 2. The minimum absolute atomic E-state index is 0.0734. The third-order valence-electron chi connectivity index (χ3n) is 5.86. The topological polar surface area (TPSA) is 105 Å². The maximum Gasteiger partial charge on any atom is 0.265 e. The van der Waals surface area contributed by atoms with E-state index in [9.17, 15) is 18.0 Å². The maximum absolute atomic E-state index is 13.2. The van der Waals surface area contributed by atoms with Crippen LogP contribution in [0.15, 0.2) is 53.4 Å². The van der Waals surface area contributed by atoms with E-state index in [1.165, 1.54) is 22.5 Å². The number of anilines is 1. The van der Waals surface area contributed by atoms with Gasteiger partial charge in [-0.15, -0.1) is 0 Å². The Balaban J connectivity index is 1.38. The molecule has 180 valence electrons. The first kappa shape index (κ1) is 23.8. The van der Waals surface area contributed by atoms with E-state index in [1.54, 1.807) is 24.2 Å². The van der Waals surface area contributed by atoms with Crippen molar-refractivity contribution in [1.82, 2.24) is 9.21 Å². The zero-order chi connectivity index (χ0) is 24.3. The van der Waals surface area contributed by atoms with Gasteiger partial charge < -0.3 is 19.7 Å². The smallest absolute Gasteiger partial charge is 0.265 e. The van der Waals surface area contributed by atoms with Gasteiger partial charge >= 0.3 is 0 Å². The molecule has 0 aliphatic carbocycles. The Hall–Kier alpha value is -3.37. The van der Waals surface area contributed by atoms with Gasteiger partial charge in [-0.3, -0.25) is 9.59 Å². The molecule has 0 radical (unpaired) electrons. The van der Waals surface area contributed by atoms with Crippen LogP contribution in [0.25, 0.3) is 6.08 Å². The number of hydrogen-bond acceptors (Lipinski definition) is 6. The summed E-state index contributed by atoms with van der Waals surface area (Å²) in [5.74, 6) is 0.718. The SMILES string of the molecule is CC[C@@H]1Oc2ccc(S(=O)(=O)N3CCN(C(=O)/C=C/c4ccc(OC)cc4)CC3)cc2NC1=O. The molecule has 2 heterocycles. The normalized spacial score (nSPS) is 18.8. The summed E-state index contributed by atoms with van der Waals surface area (Å²) in [5, 5.41) is 2.72. The molecule has 2 amide bonds. The van der Waals surface area contributed by atoms with Gasteiger partial charge in [0.2, 0.25) is 15.9 Å². The number of carbonyl (C=O) groups is 2. The molecule has 10 heteroatoms. The lowest BCUT2D eigenvalue weighted by Gasteiger charge is -2.33. The van der Waals surface area contributed by atoms with Crippen LogP contribution in [0.5, 0.6) is 11.5 Å². The quantitative estimate of drug-likeness (QED) is 0.630. The summed E-state index contributed by atoms with van der Waals surface area (Å²) in [7, 11) is -2.19. The molecular formula is C24H27N3O6S. The van der Waals surface area contributed by atoms with E-state index in [-0.39, 0.29) is 42.9 Å². The van der Waals surface area contributed by atoms with Crippen LogP contribution in [0.3, 0.4) is 0 Å². The van der Waals surface area contributed by atoms with Crippen LogP contribution in [0, 0.1) is 0 Å². The molecule has 34 heavy (non-hydrogen) atoms. The van der Waals surface area contributed by atoms with Gasteiger partial charge in [-0.25, -0.2) is 8.42 Å². The number of rotatable bonds is 6. The van der Waals surface area contributed by atoms with Crippen LogP contribution in [0.4, 0.5) is 5.69 Å². The fourth-order valence-corrected chi connectivity index (χ4v) is 5.29. The van der Waals surface area contributed by atoms with Gasteiger partial charge in [0.25, 0.3) is 5.91 Å². The number of nitrogens with zero attached hydrogens (tertiary/aromatic N) is 2. The second-order valence-corrected chi connectivity index (χ2v) is 9.94. The molecule has 1 N–H and O–H groups in total. The molecule has 2 aromatic carbocycles. The monoisotopic (exact) mass is 485 g/mol. The van der Waals surface area contributed by atoms with Crippen molar-refractivity contribution in [2.24, 2.45) is 0 Å². The van der Waals surface area contributed by atoms with Gasteiger partial charge in [-0.2, -0.15) is 4.31 Å². The van der Waals surface area contributed by atoms with E-state index in [1.807, 2.05) is 31.2 Å². The van der Waals surface area contributed by atoms with E-state index in [4.69, 9.17) is 9.47 Å². The number of nitrogens with one attached hydrogen (secondary N) is 1. The first-order valence-corrected chi connectivity index (χ1v) is 12.5. The highest BCUT2D eigenvalue weighted by Crippen LogP contribution is 2.33. The number of piperazine rings is 1. The van der Waals surface area contributed by atoms with Gasteiger partial charge in [0.05, 0.1) is 17.7 Å². The second kappa shape index (κ2) is 9.86. The van der Waals surface area contributed by atoms with Gasteiger partial charge in [0.15, 0.2) is 6.10 Å². The third-order valence-corrected chi connectivity index (χ3v) is 7.76. The number of fused-ring (bicyclic) bond motifs is 1. The van der Waals surface area contributed by atoms with Crippen molar-refractivity contribution in [2.75, 3.05) is 38.6 Å². The minimum Gasteiger partial charge on any atom is -0.497 e. The van der Waals surface area contributed by atoms with Crippen molar-refractivity contribution in [3.63, 3.8) is 0 Å². The molecule has 0 saturated carbocycles. The Morgan fingerprint density at radius 2 is 1.85 bits per heavy atom. The van der Waals surface area contributed by atoms with Gasteiger partial charge in [-0.1, -0.05) is 19.1 Å². The van der Waals surface area contributed by atoms with Crippen LogP contribution in [-0.4, -0.2) is 68.8 Å². The lowest BCUT2D eigenvalue weighted by atomic mass is 10.2. The molecular weight excluding hydrogens is 458 g/mol. The van der Waals surface area contributed by atoms with Crippen molar-refractivity contribution < 1.29 is 27.5 Å². The minimum atomic E-state index is -3.78. The van der Waals surface area contributed by atoms with Crippen molar-refractivity contribution in [1.29, 1.82) is 0 Å². The molecule has 0 aromatic heterocycles. The highest BCUT2D eigenvalue weighted by Gasteiger charge is 2.32. The molecule has 0 bridgehead atoms. The number of ether oxygens (including phenoxy) is 2. The van der Waals surface area contributed by atoms with Gasteiger partial charge in [0, 0.05) is 32.3 Å². The molecule has 1 atom stereocenters. The lowest BCUT2D eigenvalue weighted by molar-refractivity contribution is -0.127. The third kappa shape index (κ3) is 4.92. The number of sulfonamides is 1. The second-order valence-electron chi connectivity index (χ2n) is 8.00. The van der Waals surface area contributed by atoms with Crippen molar-refractivity contribution in [2.45, 2.75) is 24.3 Å². The fourth-order valence-electron chi connectivity index (χ4n) is 3.84. The molecule has 2 aliphatic heterocycles. The largest absolute Gasteiger partial charge is 0.497 e. The van der Waals surface area contributed by atoms with E-state index in [0.717, 1.165) is 11.3 Å². The molecule has 2 aliphatic rings. The Kier molecular flexibility index (Phi) is 6.90. The van der Waals surface area contributed by atoms with E-state index < -0.39 is 16.1 Å². The zero-order valence-corrected chi connectivity index (χ0v) is 19.9. The average Bonchev–Trinajstić information content (AvgIpc) is 2.86. The van der Waals surface area contributed by atoms with Crippen molar-refractivity contribution in [3.8, 4) is 11.5 Å². The Morgan fingerprint density at radius 3 is 2.50 bits per heavy atom. The summed E-state index contributed by atoms with van der Waals surface area (Å²) in [6.45, 7) is 2.78. The van der Waals surface area contributed by atoms with Crippen LogP contribution in [-0.2, 0) is 19.6 Å². The van der Waals surface area contributed by atoms with Gasteiger partial charge in [-0.05, 0) is 48.4 Å². The van der Waals surface area contributed by atoms with Crippen LogP contribution in [0.2, 0.25) is 0 Å². The summed E-state index contributed by atoms with van der Waals surface area (Å²) in [4.78, 5) is 26.3. The molecule has 4 rings (SSSR count). The van der Waals surface area contributed by atoms with Gasteiger partial charge in [0.1, 0.15) is 11.5 Å². The van der Waals surface area contributed by atoms with Crippen LogP contribution < -0.4 is 14.8 Å². The first-order valence-electron chi connectivity index (χ1n) is 11.0. The average molecular weight is 486 g/mol. The number of hydrogen-bond donors (Lipinski definition) is 1. The van der Waals surface area contributed by atoms with E-state index in [2.05, 4.69) is 5.32 Å². The Bertz CT molecular complexity index is 1200. The number of benzene rings is 2. The van der Waals surface area contributed by atoms with Crippen molar-refractivity contribution in [3.05, 3.63) is 54.1 Å². The van der Waals surface area contributed by atoms with Crippen LogP contribution >= 0.6 is 0 Å². The standard InChI is InChI=1S/C24H27N3O6S/c1-3-21-24(29)25-20-16-19(9-10-22(20)33-21)34(30,31)27-14-12-26(13-15-27)23(28)11-6-17-4-7-18(32-2)8-5-17/h4-11,16,21H,3,12-15H2,1-2H3,(H,25,29)/b11-6+/t21-/m0/s1. The predicted octanol–water partition coefficient (Wildman–Crippen LogP) is 2.35. The first-order chi connectivity index (χ1) is 16.3. The highest BCUT2D eigenvalue weighted by atomic mass is 32.2. The molecule has 2 aromatic rings. The molecule has 9 nitrogen and oxygen atoms in total. The van der Waals surface area contributed by atoms with Crippen molar-refractivity contribution >= 4 is 33.6 Å². The van der Waals surface area contributed by atoms with E-state index >= 15 is 0 Å². The Morgan fingerprint density at radius 1 is 1.15 bits per heavy atom. The zero-order valence-electron chi connectivity index (χ0n) is 19.1. The maximum atomic E-state index is 13.2. The molecule has 1 fully saturated rings. The molecule has 0 spiro atoms. The van der Waals surface area contributed by atoms with Crippen LogP contribution in [0.1, 0.15) is 18.9 Å². The number of methoxy groups -OCH3 is 1. The lowest BCUT2D eigenvalue weighted by Crippen LogP contribution is -2.50. The van der Waals surface area contributed by atoms with E-state index in [0.29, 0.717) is 17.9 Å². The molecule has 1 saturated heterocycles. The number of amides is 2. The summed E-state index contributed by atoms with van der Waals surface area (Å²) in [6, 6.07) is 11.8.